The lowest BCUT2D eigenvalue weighted by molar-refractivity contribution is -0.121. The summed E-state index contributed by atoms with van der Waals surface area (Å²) < 4.78 is 6.13. The number of halogens is 2. The number of rotatable bonds is 4. The lowest BCUT2D eigenvalue weighted by Crippen LogP contribution is -2.37. The van der Waals surface area contributed by atoms with Crippen LogP contribution in [0.25, 0.3) is 0 Å². The normalized spacial score (nSPS) is 9.91. The van der Waals surface area contributed by atoms with Crippen molar-refractivity contribution in [2.75, 3.05) is 11.9 Å². The highest BCUT2D eigenvalue weighted by atomic mass is 79.9. The Morgan fingerprint density at radius 2 is 1.77 bits per heavy atom. The molecule has 2 aromatic rings. The zero-order valence-corrected chi connectivity index (χ0v) is 13.6. The van der Waals surface area contributed by atoms with Gasteiger partial charge in [-0.2, -0.15) is 0 Å². The van der Waals surface area contributed by atoms with Crippen molar-refractivity contribution in [1.29, 1.82) is 0 Å². The molecular formula is C15H12BrClN2O3. The third-order valence-corrected chi connectivity index (χ3v) is 3.39. The predicted octanol–water partition coefficient (Wildman–Crippen LogP) is 3.83. The van der Waals surface area contributed by atoms with E-state index < -0.39 is 11.9 Å². The van der Waals surface area contributed by atoms with E-state index in [1.165, 1.54) is 0 Å². The predicted molar refractivity (Wildman–Crippen MR) is 88.3 cm³/mol. The van der Waals surface area contributed by atoms with Gasteiger partial charge in [0.2, 0.25) is 0 Å². The topological polar surface area (TPSA) is 67.4 Å². The summed E-state index contributed by atoms with van der Waals surface area (Å²) >= 11 is 9.18. The molecule has 0 aliphatic rings. The smallest absolute Gasteiger partial charge is 0.325 e. The SMILES string of the molecule is O=C(COc1ccccc1Cl)NC(=O)Nc1ccc(Br)cc1. The molecule has 0 aliphatic heterocycles. The van der Waals surface area contributed by atoms with E-state index in [2.05, 4.69) is 26.6 Å². The quantitative estimate of drug-likeness (QED) is 0.843. The van der Waals surface area contributed by atoms with Crippen LogP contribution < -0.4 is 15.4 Å². The van der Waals surface area contributed by atoms with Gasteiger partial charge in [0.15, 0.2) is 6.61 Å². The van der Waals surface area contributed by atoms with Gasteiger partial charge in [-0.05, 0) is 36.4 Å². The molecule has 0 heterocycles. The minimum Gasteiger partial charge on any atom is -0.482 e. The van der Waals surface area contributed by atoms with Crippen molar-refractivity contribution in [3.63, 3.8) is 0 Å². The number of imide groups is 1. The van der Waals surface area contributed by atoms with Gasteiger partial charge in [-0.25, -0.2) is 4.79 Å². The molecule has 0 aromatic heterocycles. The van der Waals surface area contributed by atoms with Gasteiger partial charge in [0, 0.05) is 10.2 Å². The average molecular weight is 384 g/mol. The van der Waals surface area contributed by atoms with Crippen LogP contribution >= 0.6 is 27.5 Å². The van der Waals surface area contributed by atoms with Gasteiger partial charge in [0.1, 0.15) is 5.75 Å². The Kier molecular flexibility index (Phi) is 5.80. The zero-order chi connectivity index (χ0) is 15.9. The number of para-hydroxylation sites is 1. The Labute approximate surface area is 140 Å². The molecule has 0 spiro atoms. The molecular weight excluding hydrogens is 372 g/mol. The molecule has 3 amide bonds. The first-order valence-electron chi connectivity index (χ1n) is 6.28. The molecule has 22 heavy (non-hydrogen) atoms. The summed E-state index contributed by atoms with van der Waals surface area (Å²) in [6.07, 6.45) is 0. The van der Waals surface area contributed by atoms with Gasteiger partial charge in [-0.1, -0.05) is 39.7 Å². The van der Waals surface area contributed by atoms with Gasteiger partial charge >= 0.3 is 6.03 Å². The minimum atomic E-state index is -0.630. The molecule has 0 radical (unpaired) electrons. The van der Waals surface area contributed by atoms with Crippen LogP contribution in [0.3, 0.4) is 0 Å². The lowest BCUT2D eigenvalue weighted by Gasteiger charge is -2.09. The first kappa shape index (κ1) is 16.3. The van der Waals surface area contributed by atoms with Crippen molar-refractivity contribution < 1.29 is 14.3 Å². The summed E-state index contributed by atoms with van der Waals surface area (Å²) in [7, 11) is 0. The lowest BCUT2D eigenvalue weighted by atomic mass is 10.3. The van der Waals surface area contributed by atoms with Gasteiger partial charge in [-0.15, -0.1) is 0 Å². The standard InChI is InChI=1S/C15H12BrClN2O3/c16-10-5-7-11(8-6-10)18-15(21)19-14(20)9-22-13-4-2-1-3-12(13)17/h1-8H,9H2,(H2,18,19,20,21). The third kappa shape index (κ3) is 5.05. The van der Waals surface area contributed by atoms with Crippen LogP contribution in [-0.4, -0.2) is 18.5 Å². The highest BCUT2D eigenvalue weighted by molar-refractivity contribution is 9.10. The van der Waals surface area contributed by atoms with Crippen molar-refractivity contribution in [1.82, 2.24) is 5.32 Å². The van der Waals surface area contributed by atoms with E-state index in [4.69, 9.17) is 16.3 Å². The fourth-order valence-electron chi connectivity index (χ4n) is 1.56. The zero-order valence-electron chi connectivity index (χ0n) is 11.3. The van der Waals surface area contributed by atoms with E-state index in [1.54, 1.807) is 48.5 Å². The summed E-state index contributed by atoms with van der Waals surface area (Å²) in [5, 5.41) is 5.10. The maximum Gasteiger partial charge on any atom is 0.325 e. The number of amides is 3. The molecule has 2 N–H and O–H groups in total. The van der Waals surface area contributed by atoms with Crippen molar-refractivity contribution in [2.45, 2.75) is 0 Å². The Balaban J connectivity index is 1.80. The fraction of sp³-hybridized carbons (Fsp3) is 0.0667. The van der Waals surface area contributed by atoms with Crippen LogP contribution in [0, 0.1) is 0 Å². The average Bonchev–Trinajstić information content (AvgIpc) is 2.49. The summed E-state index contributed by atoms with van der Waals surface area (Å²) in [6, 6.07) is 13.1. The van der Waals surface area contributed by atoms with Crippen LogP contribution in [-0.2, 0) is 4.79 Å². The molecule has 0 saturated heterocycles. The van der Waals surface area contributed by atoms with Crippen molar-refractivity contribution in [2.24, 2.45) is 0 Å². The van der Waals surface area contributed by atoms with E-state index in [0.717, 1.165) is 4.47 Å². The second-order valence-corrected chi connectivity index (χ2v) is 5.55. The second-order valence-electron chi connectivity index (χ2n) is 4.23. The first-order chi connectivity index (χ1) is 10.5. The molecule has 114 valence electrons. The monoisotopic (exact) mass is 382 g/mol. The number of nitrogens with one attached hydrogen (secondary N) is 2. The van der Waals surface area contributed by atoms with E-state index in [-0.39, 0.29) is 6.61 Å². The van der Waals surface area contributed by atoms with E-state index in [0.29, 0.717) is 16.5 Å². The molecule has 2 rings (SSSR count). The van der Waals surface area contributed by atoms with Crippen molar-refractivity contribution in [3.8, 4) is 5.75 Å². The molecule has 0 bridgehead atoms. The number of ether oxygens (including phenoxy) is 1. The maximum atomic E-state index is 11.6. The van der Waals surface area contributed by atoms with Gasteiger partial charge in [0.25, 0.3) is 5.91 Å². The largest absolute Gasteiger partial charge is 0.482 e. The second kappa shape index (κ2) is 7.82. The van der Waals surface area contributed by atoms with Crippen LogP contribution in [0.2, 0.25) is 5.02 Å². The molecule has 2 aromatic carbocycles. The molecule has 0 fully saturated rings. The molecule has 0 atom stereocenters. The highest BCUT2D eigenvalue weighted by Gasteiger charge is 2.09. The first-order valence-corrected chi connectivity index (χ1v) is 7.45. The fourth-order valence-corrected chi connectivity index (χ4v) is 2.02. The Bertz CT molecular complexity index is 677. The highest BCUT2D eigenvalue weighted by Crippen LogP contribution is 2.22. The van der Waals surface area contributed by atoms with Crippen molar-refractivity contribution >= 4 is 45.2 Å². The number of urea groups is 1. The van der Waals surface area contributed by atoms with Crippen LogP contribution in [0.15, 0.2) is 53.0 Å². The number of benzene rings is 2. The van der Waals surface area contributed by atoms with Crippen LogP contribution in [0.1, 0.15) is 0 Å². The van der Waals surface area contributed by atoms with Crippen molar-refractivity contribution in [3.05, 3.63) is 58.0 Å². The maximum absolute atomic E-state index is 11.6. The van der Waals surface area contributed by atoms with E-state index >= 15 is 0 Å². The number of anilines is 1. The number of carbonyl (C=O) groups is 2. The van der Waals surface area contributed by atoms with E-state index in [1.807, 2.05) is 0 Å². The van der Waals surface area contributed by atoms with Gasteiger partial charge in [-0.3, -0.25) is 10.1 Å². The molecule has 7 heteroatoms. The minimum absolute atomic E-state index is 0.308. The Morgan fingerprint density at radius 1 is 1.09 bits per heavy atom. The molecule has 0 unspecified atom stereocenters. The van der Waals surface area contributed by atoms with Crippen LogP contribution in [0.5, 0.6) is 5.75 Å². The third-order valence-electron chi connectivity index (χ3n) is 2.55. The van der Waals surface area contributed by atoms with Gasteiger partial charge < -0.3 is 10.1 Å². The van der Waals surface area contributed by atoms with Gasteiger partial charge in [0.05, 0.1) is 5.02 Å². The Morgan fingerprint density at radius 3 is 2.45 bits per heavy atom. The molecule has 0 saturated carbocycles. The molecule has 0 aliphatic carbocycles. The summed E-state index contributed by atoms with van der Waals surface area (Å²) in [4.78, 5) is 23.3. The summed E-state index contributed by atoms with van der Waals surface area (Å²) in [5.74, 6) is -0.192. The number of carbonyl (C=O) groups excluding carboxylic acids is 2. The van der Waals surface area contributed by atoms with E-state index in [9.17, 15) is 9.59 Å². The summed E-state index contributed by atoms with van der Waals surface area (Å²) in [6.45, 7) is -0.308. The number of hydrogen-bond donors (Lipinski definition) is 2. The molecule has 5 nitrogen and oxygen atoms in total. The number of hydrogen-bond acceptors (Lipinski definition) is 3. The Hall–Kier alpha value is -2.05. The summed E-state index contributed by atoms with van der Waals surface area (Å²) in [5.41, 5.74) is 0.570. The van der Waals surface area contributed by atoms with Crippen LogP contribution in [0.4, 0.5) is 10.5 Å².